The summed E-state index contributed by atoms with van der Waals surface area (Å²) < 4.78 is 5.48. The number of carbonyl (C=O) groups is 1. The number of hydrogen-bond donors (Lipinski definition) is 0. The highest BCUT2D eigenvalue weighted by Gasteiger charge is 2.23. The van der Waals surface area contributed by atoms with Crippen molar-refractivity contribution in [3.63, 3.8) is 0 Å². The lowest BCUT2D eigenvalue weighted by atomic mass is 10.0. The van der Waals surface area contributed by atoms with E-state index in [4.69, 9.17) is 4.74 Å². The summed E-state index contributed by atoms with van der Waals surface area (Å²) in [7, 11) is 0. The van der Waals surface area contributed by atoms with Crippen molar-refractivity contribution in [2.45, 2.75) is 32.2 Å². The van der Waals surface area contributed by atoms with Gasteiger partial charge >= 0.3 is 0 Å². The van der Waals surface area contributed by atoms with E-state index in [-0.39, 0.29) is 5.91 Å². The molecule has 19 heavy (non-hydrogen) atoms. The second-order valence-electron chi connectivity index (χ2n) is 4.91. The van der Waals surface area contributed by atoms with Gasteiger partial charge in [0.05, 0.1) is 6.61 Å². The second kappa shape index (κ2) is 6.94. The first-order valence-electron chi connectivity index (χ1n) is 6.82. The number of carbonyl (C=O) groups excluding carboxylic acids is 1. The van der Waals surface area contributed by atoms with Gasteiger partial charge in [0.2, 0.25) is 0 Å². The lowest BCUT2D eigenvalue weighted by Crippen LogP contribution is -2.41. The first-order chi connectivity index (χ1) is 9.22. The number of amides is 1. The lowest BCUT2D eigenvalue weighted by Gasteiger charge is -2.33. The molecule has 1 atom stereocenters. The number of rotatable bonds is 4. The Bertz CT molecular complexity index is 419. The maximum Gasteiger partial charge on any atom is 0.254 e. The van der Waals surface area contributed by atoms with Gasteiger partial charge < -0.3 is 9.64 Å². The van der Waals surface area contributed by atoms with Gasteiger partial charge in [-0.05, 0) is 50.5 Å². The van der Waals surface area contributed by atoms with E-state index in [9.17, 15) is 4.79 Å². The summed E-state index contributed by atoms with van der Waals surface area (Å²) in [5.74, 6) is 0.946. The molecule has 3 nitrogen and oxygen atoms in total. The smallest absolute Gasteiger partial charge is 0.254 e. The molecule has 1 saturated heterocycles. The van der Waals surface area contributed by atoms with Gasteiger partial charge in [-0.15, -0.1) is 0 Å². The standard InChI is InChI=1S/C15H20BrNO2/c1-12-4-2-3-10-17(12)15(18)13-5-7-14(8-6-13)19-11-9-16/h5-8,12H,2-4,9-11H2,1H3. The Morgan fingerprint density at radius 2 is 2.11 bits per heavy atom. The fraction of sp³-hybridized carbons (Fsp3) is 0.533. The molecule has 1 fully saturated rings. The first-order valence-corrected chi connectivity index (χ1v) is 7.94. The van der Waals surface area contributed by atoms with Gasteiger partial charge in [0.1, 0.15) is 5.75 Å². The van der Waals surface area contributed by atoms with Gasteiger partial charge in [-0.1, -0.05) is 15.9 Å². The highest BCUT2D eigenvalue weighted by atomic mass is 79.9. The maximum atomic E-state index is 12.4. The molecule has 4 heteroatoms. The molecule has 1 aliphatic heterocycles. The van der Waals surface area contributed by atoms with Crippen molar-refractivity contribution in [2.75, 3.05) is 18.5 Å². The fourth-order valence-corrected chi connectivity index (χ4v) is 2.58. The van der Waals surface area contributed by atoms with Gasteiger partial charge in [-0.3, -0.25) is 4.79 Å². The average molecular weight is 326 g/mol. The van der Waals surface area contributed by atoms with E-state index in [0.29, 0.717) is 12.6 Å². The minimum atomic E-state index is 0.138. The van der Waals surface area contributed by atoms with Crippen LogP contribution in [0.4, 0.5) is 0 Å². The zero-order chi connectivity index (χ0) is 13.7. The van der Waals surface area contributed by atoms with Crippen molar-refractivity contribution in [2.24, 2.45) is 0 Å². The third-order valence-corrected chi connectivity index (χ3v) is 3.83. The summed E-state index contributed by atoms with van der Waals surface area (Å²) in [5.41, 5.74) is 0.750. The van der Waals surface area contributed by atoms with E-state index in [0.717, 1.165) is 36.0 Å². The molecular formula is C15H20BrNO2. The van der Waals surface area contributed by atoms with Gasteiger partial charge in [0.15, 0.2) is 0 Å². The number of ether oxygens (including phenoxy) is 1. The number of nitrogens with zero attached hydrogens (tertiary/aromatic N) is 1. The normalized spacial score (nSPS) is 19.3. The van der Waals surface area contributed by atoms with Crippen molar-refractivity contribution in [1.82, 2.24) is 4.90 Å². The molecule has 2 rings (SSSR count). The average Bonchev–Trinajstić information content (AvgIpc) is 2.45. The molecule has 0 aromatic heterocycles. The molecule has 1 heterocycles. The summed E-state index contributed by atoms with van der Waals surface area (Å²) in [6.45, 7) is 3.64. The fourth-order valence-electron chi connectivity index (χ4n) is 2.42. The van der Waals surface area contributed by atoms with E-state index in [1.54, 1.807) is 0 Å². The van der Waals surface area contributed by atoms with Crippen LogP contribution in [0.3, 0.4) is 0 Å². The monoisotopic (exact) mass is 325 g/mol. The summed E-state index contributed by atoms with van der Waals surface area (Å²) in [5, 5.41) is 0.805. The molecule has 0 N–H and O–H groups in total. The predicted molar refractivity (Wildman–Crippen MR) is 80.1 cm³/mol. The van der Waals surface area contributed by atoms with Crippen LogP contribution in [0.25, 0.3) is 0 Å². The van der Waals surface area contributed by atoms with Crippen LogP contribution < -0.4 is 4.74 Å². The maximum absolute atomic E-state index is 12.4. The summed E-state index contributed by atoms with van der Waals surface area (Å²) >= 11 is 3.32. The van der Waals surface area contributed by atoms with Crippen molar-refractivity contribution in [3.8, 4) is 5.75 Å². The van der Waals surface area contributed by atoms with Crippen LogP contribution in [0, 0.1) is 0 Å². The van der Waals surface area contributed by atoms with Gasteiger partial charge in [-0.25, -0.2) is 0 Å². The minimum absolute atomic E-state index is 0.138. The Hall–Kier alpha value is -1.03. The SMILES string of the molecule is CC1CCCCN1C(=O)c1ccc(OCCBr)cc1. The van der Waals surface area contributed by atoms with Gasteiger partial charge in [0.25, 0.3) is 5.91 Å². The van der Waals surface area contributed by atoms with E-state index < -0.39 is 0 Å². The third-order valence-electron chi connectivity index (χ3n) is 3.51. The Labute approximate surface area is 123 Å². The second-order valence-corrected chi connectivity index (χ2v) is 5.70. The zero-order valence-electron chi connectivity index (χ0n) is 11.3. The molecule has 0 bridgehead atoms. The van der Waals surface area contributed by atoms with Crippen LogP contribution in [0.5, 0.6) is 5.75 Å². The van der Waals surface area contributed by atoms with Crippen molar-refractivity contribution < 1.29 is 9.53 Å². The quantitative estimate of drug-likeness (QED) is 0.793. The van der Waals surface area contributed by atoms with Gasteiger partial charge in [0, 0.05) is 23.5 Å². The number of likely N-dealkylation sites (tertiary alicyclic amines) is 1. The number of hydrogen-bond acceptors (Lipinski definition) is 2. The van der Waals surface area contributed by atoms with E-state index in [1.807, 2.05) is 29.2 Å². The Balaban J connectivity index is 2.02. The minimum Gasteiger partial charge on any atom is -0.493 e. The molecule has 1 aliphatic rings. The largest absolute Gasteiger partial charge is 0.493 e. The predicted octanol–water partition coefficient (Wildman–Crippen LogP) is 3.47. The van der Waals surface area contributed by atoms with E-state index in [2.05, 4.69) is 22.9 Å². The van der Waals surface area contributed by atoms with Gasteiger partial charge in [-0.2, -0.15) is 0 Å². The van der Waals surface area contributed by atoms with Crippen LogP contribution in [0.1, 0.15) is 36.5 Å². The van der Waals surface area contributed by atoms with Crippen LogP contribution in [-0.2, 0) is 0 Å². The Morgan fingerprint density at radius 1 is 1.37 bits per heavy atom. The number of halogens is 1. The van der Waals surface area contributed by atoms with Crippen molar-refractivity contribution in [3.05, 3.63) is 29.8 Å². The molecule has 0 aliphatic carbocycles. The third kappa shape index (κ3) is 3.72. The zero-order valence-corrected chi connectivity index (χ0v) is 12.9. The molecule has 0 spiro atoms. The summed E-state index contributed by atoms with van der Waals surface area (Å²) in [6.07, 6.45) is 3.45. The lowest BCUT2D eigenvalue weighted by molar-refractivity contribution is 0.0635. The summed E-state index contributed by atoms with van der Waals surface area (Å²) in [4.78, 5) is 14.4. The number of piperidine rings is 1. The summed E-state index contributed by atoms with van der Waals surface area (Å²) in [6, 6.07) is 7.79. The van der Waals surface area contributed by atoms with Crippen LogP contribution in [0.15, 0.2) is 24.3 Å². The van der Waals surface area contributed by atoms with E-state index in [1.165, 1.54) is 6.42 Å². The molecule has 1 aromatic rings. The molecule has 104 valence electrons. The van der Waals surface area contributed by atoms with Crippen molar-refractivity contribution >= 4 is 21.8 Å². The number of alkyl halides is 1. The highest BCUT2D eigenvalue weighted by Crippen LogP contribution is 2.20. The van der Waals surface area contributed by atoms with Crippen LogP contribution >= 0.6 is 15.9 Å². The molecule has 0 radical (unpaired) electrons. The number of benzene rings is 1. The molecule has 0 saturated carbocycles. The Morgan fingerprint density at radius 3 is 2.74 bits per heavy atom. The van der Waals surface area contributed by atoms with E-state index >= 15 is 0 Å². The Kier molecular flexibility index (Phi) is 5.25. The molecular weight excluding hydrogens is 306 g/mol. The van der Waals surface area contributed by atoms with Crippen molar-refractivity contribution in [1.29, 1.82) is 0 Å². The topological polar surface area (TPSA) is 29.5 Å². The molecule has 1 unspecified atom stereocenters. The molecule has 1 amide bonds. The highest BCUT2D eigenvalue weighted by molar-refractivity contribution is 9.09. The van der Waals surface area contributed by atoms with Crippen LogP contribution in [-0.4, -0.2) is 35.3 Å². The molecule has 1 aromatic carbocycles. The first kappa shape index (κ1) is 14.4. The van der Waals surface area contributed by atoms with Crippen LogP contribution in [0.2, 0.25) is 0 Å².